The van der Waals surface area contributed by atoms with Gasteiger partial charge in [-0.05, 0) is 56.8 Å². The fourth-order valence-electron chi connectivity index (χ4n) is 3.65. The van der Waals surface area contributed by atoms with Crippen molar-refractivity contribution in [1.29, 1.82) is 0 Å². The first-order valence-electron chi connectivity index (χ1n) is 6.61. The number of hydrogen-bond acceptors (Lipinski definition) is 0. The molecule has 0 amide bonds. The van der Waals surface area contributed by atoms with Crippen molar-refractivity contribution in [2.45, 2.75) is 64.2 Å². The highest BCUT2D eigenvalue weighted by molar-refractivity contribution is 5.22. The number of allylic oxidation sites excluding steroid dienone is 2. The van der Waals surface area contributed by atoms with Crippen LogP contribution in [0.25, 0.3) is 0 Å². The van der Waals surface area contributed by atoms with Gasteiger partial charge < -0.3 is 0 Å². The van der Waals surface area contributed by atoms with Crippen molar-refractivity contribution < 1.29 is 0 Å². The molecule has 1 saturated carbocycles. The Labute approximate surface area is 87.8 Å². The van der Waals surface area contributed by atoms with Gasteiger partial charge in [-0.3, -0.25) is 0 Å². The Bertz CT molecular complexity index is 245. The molecule has 14 heavy (non-hydrogen) atoms. The van der Waals surface area contributed by atoms with Crippen LogP contribution >= 0.6 is 0 Å². The van der Waals surface area contributed by atoms with E-state index >= 15 is 0 Å². The van der Waals surface area contributed by atoms with Crippen LogP contribution < -0.4 is 0 Å². The first-order chi connectivity index (χ1) is 6.92. The third-order valence-electron chi connectivity index (χ3n) is 4.74. The van der Waals surface area contributed by atoms with Crippen molar-refractivity contribution in [2.75, 3.05) is 0 Å². The van der Waals surface area contributed by atoms with Gasteiger partial charge in [-0.2, -0.15) is 0 Å². The smallest absolute Gasteiger partial charge is 0.0289 e. The summed E-state index contributed by atoms with van der Waals surface area (Å²) in [6.45, 7) is 0. The normalized spacial score (nSPS) is 33.0. The zero-order valence-electron chi connectivity index (χ0n) is 9.23. The molecule has 1 atom stereocenters. The topological polar surface area (TPSA) is 0 Å². The second-order valence-electron chi connectivity index (χ2n) is 5.70. The van der Waals surface area contributed by atoms with E-state index in [1.54, 1.807) is 19.3 Å². The summed E-state index contributed by atoms with van der Waals surface area (Å²) in [6, 6.07) is 0. The van der Waals surface area contributed by atoms with Crippen molar-refractivity contribution >= 4 is 0 Å². The molecule has 0 aromatic carbocycles. The average Bonchev–Trinajstić information content (AvgIpc) is 2.58. The van der Waals surface area contributed by atoms with E-state index in [9.17, 15) is 0 Å². The first kappa shape index (κ1) is 9.00. The quantitative estimate of drug-likeness (QED) is 0.564. The van der Waals surface area contributed by atoms with Gasteiger partial charge in [0.25, 0.3) is 0 Å². The van der Waals surface area contributed by atoms with Gasteiger partial charge in [-0.1, -0.05) is 30.4 Å². The van der Waals surface area contributed by atoms with Crippen LogP contribution in [0.2, 0.25) is 0 Å². The molecular weight excluding hydrogens is 168 g/mol. The van der Waals surface area contributed by atoms with Crippen molar-refractivity contribution in [2.24, 2.45) is 11.8 Å². The summed E-state index contributed by atoms with van der Waals surface area (Å²) in [5.41, 5.74) is 3.76. The average molecular weight is 190 g/mol. The summed E-state index contributed by atoms with van der Waals surface area (Å²) in [5, 5.41) is 0. The number of hydrogen-bond donors (Lipinski definition) is 0. The van der Waals surface area contributed by atoms with E-state index in [4.69, 9.17) is 0 Å². The minimum Gasteiger partial charge on any atom is -0.0710 e. The zero-order chi connectivity index (χ0) is 9.38. The minimum atomic E-state index is 1.08. The maximum Gasteiger partial charge on any atom is -0.0289 e. The summed E-state index contributed by atoms with van der Waals surface area (Å²) >= 11 is 0. The molecule has 0 nitrogen and oxygen atoms in total. The Morgan fingerprint density at radius 2 is 1.64 bits per heavy atom. The van der Waals surface area contributed by atoms with Crippen LogP contribution in [0.15, 0.2) is 11.1 Å². The highest BCUT2D eigenvalue weighted by Gasteiger charge is 2.27. The molecule has 0 heterocycles. The summed E-state index contributed by atoms with van der Waals surface area (Å²) in [6.07, 6.45) is 15.0. The fraction of sp³-hybridized carbons (Fsp3) is 0.857. The number of rotatable bonds is 2. The van der Waals surface area contributed by atoms with Gasteiger partial charge in [0.2, 0.25) is 0 Å². The molecule has 0 aromatic rings. The Balaban J connectivity index is 1.57. The molecule has 0 bridgehead atoms. The lowest BCUT2D eigenvalue weighted by Crippen LogP contribution is -2.18. The van der Waals surface area contributed by atoms with E-state index in [0.717, 1.165) is 11.8 Å². The Kier molecular flexibility index (Phi) is 2.39. The van der Waals surface area contributed by atoms with Gasteiger partial charge in [-0.15, -0.1) is 0 Å². The molecule has 0 saturated heterocycles. The molecule has 3 aliphatic carbocycles. The Morgan fingerprint density at radius 3 is 2.43 bits per heavy atom. The first-order valence-corrected chi connectivity index (χ1v) is 6.61. The molecule has 0 radical (unpaired) electrons. The minimum absolute atomic E-state index is 1.08. The summed E-state index contributed by atoms with van der Waals surface area (Å²) in [5.74, 6) is 2.21. The van der Waals surface area contributed by atoms with Crippen LogP contribution in [0.5, 0.6) is 0 Å². The fourth-order valence-corrected chi connectivity index (χ4v) is 3.65. The van der Waals surface area contributed by atoms with Gasteiger partial charge in [0.15, 0.2) is 0 Å². The van der Waals surface area contributed by atoms with Crippen LogP contribution in [-0.4, -0.2) is 0 Å². The van der Waals surface area contributed by atoms with E-state index in [1.807, 2.05) is 11.1 Å². The van der Waals surface area contributed by atoms with Crippen LogP contribution in [0.1, 0.15) is 64.2 Å². The van der Waals surface area contributed by atoms with Gasteiger partial charge in [0.05, 0.1) is 0 Å². The van der Waals surface area contributed by atoms with E-state index in [2.05, 4.69) is 0 Å². The third kappa shape index (κ3) is 1.64. The van der Waals surface area contributed by atoms with Crippen molar-refractivity contribution in [3.8, 4) is 0 Å². The van der Waals surface area contributed by atoms with Crippen molar-refractivity contribution in [3.63, 3.8) is 0 Å². The van der Waals surface area contributed by atoms with Crippen molar-refractivity contribution in [3.05, 3.63) is 11.1 Å². The molecule has 0 spiro atoms. The molecule has 1 unspecified atom stereocenters. The molecule has 0 aliphatic heterocycles. The van der Waals surface area contributed by atoms with E-state index < -0.39 is 0 Å². The summed E-state index contributed by atoms with van der Waals surface area (Å²) in [7, 11) is 0. The van der Waals surface area contributed by atoms with E-state index in [-0.39, 0.29) is 0 Å². The Morgan fingerprint density at radius 1 is 0.786 bits per heavy atom. The monoisotopic (exact) mass is 190 g/mol. The molecule has 0 heteroatoms. The third-order valence-corrected chi connectivity index (χ3v) is 4.74. The molecular formula is C14H22. The zero-order valence-corrected chi connectivity index (χ0v) is 9.23. The van der Waals surface area contributed by atoms with Gasteiger partial charge in [0, 0.05) is 0 Å². The van der Waals surface area contributed by atoms with E-state index in [1.165, 1.54) is 44.9 Å². The summed E-state index contributed by atoms with van der Waals surface area (Å²) in [4.78, 5) is 0. The van der Waals surface area contributed by atoms with Gasteiger partial charge in [-0.25, -0.2) is 0 Å². The molecule has 3 aliphatic rings. The SMILES string of the molecule is C1CC2=C(C1)CC(CC1CCC1)CC2. The maximum atomic E-state index is 1.89. The molecule has 78 valence electrons. The Hall–Kier alpha value is -0.260. The maximum absolute atomic E-state index is 1.89. The molecule has 0 N–H and O–H groups in total. The second kappa shape index (κ2) is 3.72. The van der Waals surface area contributed by atoms with Gasteiger partial charge in [0.1, 0.15) is 0 Å². The standard InChI is InChI=1S/C14H22/c1-3-11(4-1)9-12-7-8-13-5-2-6-14(13)10-12/h11-12H,1-10H2. The van der Waals surface area contributed by atoms with Crippen LogP contribution in [0, 0.1) is 11.8 Å². The van der Waals surface area contributed by atoms with Crippen molar-refractivity contribution in [1.82, 2.24) is 0 Å². The lowest BCUT2D eigenvalue weighted by molar-refractivity contribution is 0.237. The van der Waals surface area contributed by atoms with Crippen LogP contribution in [0.4, 0.5) is 0 Å². The molecule has 0 aromatic heterocycles. The lowest BCUT2D eigenvalue weighted by atomic mass is 9.74. The summed E-state index contributed by atoms with van der Waals surface area (Å²) < 4.78 is 0. The highest BCUT2D eigenvalue weighted by Crippen LogP contribution is 2.43. The van der Waals surface area contributed by atoms with Crippen LogP contribution in [-0.2, 0) is 0 Å². The van der Waals surface area contributed by atoms with E-state index in [0.29, 0.717) is 0 Å². The lowest BCUT2D eigenvalue weighted by Gasteiger charge is -2.32. The van der Waals surface area contributed by atoms with Crippen LogP contribution in [0.3, 0.4) is 0 Å². The predicted molar refractivity (Wildman–Crippen MR) is 60.2 cm³/mol. The largest absolute Gasteiger partial charge is 0.0710 e. The predicted octanol–water partition coefficient (Wildman–Crippen LogP) is 4.46. The molecule has 1 fully saturated rings. The molecule has 3 rings (SSSR count). The highest BCUT2D eigenvalue weighted by atomic mass is 14.3. The van der Waals surface area contributed by atoms with Gasteiger partial charge >= 0.3 is 0 Å². The second-order valence-corrected chi connectivity index (χ2v) is 5.70.